The monoisotopic (exact) mass is 543 g/mol. The normalized spacial score (nSPS) is 17.8. The first-order valence-corrected chi connectivity index (χ1v) is 13.7. The molecule has 7 nitrogen and oxygen atoms in total. The van der Waals surface area contributed by atoms with Crippen LogP contribution in [0.3, 0.4) is 0 Å². The van der Waals surface area contributed by atoms with Crippen molar-refractivity contribution in [3.8, 4) is 5.75 Å². The molecule has 1 fully saturated rings. The predicted molar refractivity (Wildman–Crippen MR) is 143 cm³/mol. The van der Waals surface area contributed by atoms with E-state index < -0.39 is 11.3 Å². The van der Waals surface area contributed by atoms with Gasteiger partial charge in [-0.2, -0.15) is 11.8 Å². The molecule has 1 aromatic carbocycles. The molecule has 0 saturated heterocycles. The van der Waals surface area contributed by atoms with Crippen LogP contribution in [0.1, 0.15) is 44.9 Å². The van der Waals surface area contributed by atoms with Gasteiger partial charge < -0.3 is 14.3 Å². The zero-order valence-corrected chi connectivity index (χ0v) is 22.3. The van der Waals surface area contributed by atoms with Gasteiger partial charge in [-0.1, -0.05) is 48.9 Å². The fourth-order valence-electron chi connectivity index (χ4n) is 3.94. The molecule has 10 heteroatoms. The maximum absolute atomic E-state index is 14.2. The Morgan fingerprint density at radius 2 is 1.95 bits per heavy atom. The molecule has 2 unspecified atom stereocenters. The highest BCUT2D eigenvalue weighted by Gasteiger charge is 2.24. The van der Waals surface area contributed by atoms with E-state index in [1.165, 1.54) is 11.8 Å². The number of unbranched alkanes of at least 4 members (excludes halogenated alkanes) is 1. The minimum atomic E-state index is -1.12. The molecule has 1 aromatic rings. The molecule has 0 aliphatic heterocycles. The van der Waals surface area contributed by atoms with Crippen molar-refractivity contribution in [3.63, 3.8) is 0 Å². The van der Waals surface area contributed by atoms with Crippen molar-refractivity contribution >= 4 is 17.7 Å². The molecule has 37 heavy (non-hydrogen) atoms. The number of carbonyl (C=O) groups is 1. The molecule has 0 aromatic heterocycles. The lowest BCUT2D eigenvalue weighted by molar-refractivity contribution is -0.756. The molecular formula is C27H39F2NO6S. The Labute approximate surface area is 222 Å². The van der Waals surface area contributed by atoms with Crippen molar-refractivity contribution < 1.29 is 33.0 Å². The molecule has 208 valence electrons. The molecular weight excluding hydrogens is 504 g/mol. The molecule has 3 atom stereocenters. The number of hydrogen-bond donors (Lipinski definition) is 0. The van der Waals surface area contributed by atoms with Crippen LogP contribution in [0, 0.1) is 22.0 Å². The van der Waals surface area contributed by atoms with Crippen molar-refractivity contribution in [1.82, 2.24) is 0 Å². The molecule has 0 heterocycles. The van der Waals surface area contributed by atoms with Gasteiger partial charge in [-0.05, 0) is 56.1 Å². The average Bonchev–Trinajstić information content (AvgIpc) is 3.36. The molecule has 1 saturated carbocycles. The number of carbonyl (C=O) groups excluding carboxylic acids is 1. The number of halogens is 2. The molecule has 0 amide bonds. The maximum Gasteiger partial charge on any atom is 0.305 e. The molecule has 1 aliphatic rings. The smallest absolute Gasteiger partial charge is 0.305 e. The van der Waals surface area contributed by atoms with Gasteiger partial charge in [0.25, 0.3) is 5.09 Å². The lowest BCUT2D eigenvalue weighted by atomic mass is 9.92. The van der Waals surface area contributed by atoms with E-state index in [1.54, 1.807) is 6.08 Å². The highest BCUT2D eigenvalue weighted by Crippen LogP contribution is 2.35. The van der Waals surface area contributed by atoms with Crippen molar-refractivity contribution in [2.24, 2.45) is 11.8 Å². The number of benzene rings is 1. The van der Waals surface area contributed by atoms with Gasteiger partial charge in [0.15, 0.2) is 6.17 Å². The number of alkyl halides is 2. The quantitative estimate of drug-likeness (QED) is 0.0681. The summed E-state index contributed by atoms with van der Waals surface area (Å²) in [6, 6.07) is 9.27. The first kappa shape index (κ1) is 32.4. The Morgan fingerprint density at radius 1 is 1.19 bits per heavy atom. The van der Waals surface area contributed by atoms with Crippen LogP contribution in [0.15, 0.2) is 54.6 Å². The van der Waals surface area contributed by atoms with E-state index in [0.717, 1.165) is 38.5 Å². The zero-order chi connectivity index (χ0) is 27.1. The van der Waals surface area contributed by atoms with Gasteiger partial charge in [0, 0.05) is 17.9 Å². The summed E-state index contributed by atoms with van der Waals surface area (Å²) in [5, 5.41) is 9.20. The van der Waals surface area contributed by atoms with Crippen molar-refractivity contribution in [3.05, 3.63) is 64.8 Å². The minimum absolute atomic E-state index is 0.0258. The second-order valence-corrected chi connectivity index (χ2v) is 9.59. The topological polar surface area (TPSA) is 87.9 Å². The number of thioether (sulfide) groups is 1. The van der Waals surface area contributed by atoms with E-state index in [1.807, 2.05) is 36.4 Å². The Bertz CT molecular complexity index is 796. The van der Waals surface area contributed by atoms with Gasteiger partial charge in [-0.15, -0.1) is 10.1 Å². The second kappa shape index (κ2) is 21.5. The van der Waals surface area contributed by atoms with Gasteiger partial charge in [-0.25, -0.2) is 4.39 Å². The summed E-state index contributed by atoms with van der Waals surface area (Å²) in [5.41, 5.74) is 0. The summed E-state index contributed by atoms with van der Waals surface area (Å²) >= 11 is 1.44. The van der Waals surface area contributed by atoms with E-state index in [2.05, 4.69) is 17.0 Å². The molecule has 0 radical (unpaired) electrons. The van der Waals surface area contributed by atoms with Crippen molar-refractivity contribution in [2.75, 3.05) is 38.5 Å². The van der Waals surface area contributed by atoms with E-state index in [-0.39, 0.29) is 19.2 Å². The summed E-state index contributed by atoms with van der Waals surface area (Å²) in [6.07, 6.45) is 13.1. The number of allylic oxidation sites excluding steroid dienone is 3. The van der Waals surface area contributed by atoms with Crippen molar-refractivity contribution in [2.45, 2.75) is 51.1 Å². The molecule has 0 N–H and O–H groups in total. The Balaban J connectivity index is 0.00000334. The molecule has 0 bridgehead atoms. The van der Waals surface area contributed by atoms with Crippen molar-refractivity contribution in [1.29, 1.82) is 0 Å². The third kappa shape index (κ3) is 16.7. The van der Waals surface area contributed by atoms with E-state index in [9.17, 15) is 23.7 Å². The SMILES string of the molecule is CF.O=C(CCC/C=C\C[C@H]1CCCC1/C=C/C(F)COc1ccccc1)OCCSCCO[N+](=O)[O-]. The van der Waals surface area contributed by atoms with Crippen LogP contribution in [0.4, 0.5) is 8.78 Å². The van der Waals surface area contributed by atoms with Crippen LogP contribution in [-0.2, 0) is 14.4 Å². The summed E-state index contributed by atoms with van der Waals surface area (Å²) < 4.78 is 34.3. The van der Waals surface area contributed by atoms with Gasteiger partial charge >= 0.3 is 5.97 Å². The van der Waals surface area contributed by atoms with Gasteiger partial charge in [-0.3, -0.25) is 9.18 Å². The molecule has 1 aliphatic carbocycles. The summed E-state index contributed by atoms with van der Waals surface area (Å²) in [4.78, 5) is 26.0. The fraction of sp³-hybridized carbons (Fsp3) is 0.593. The average molecular weight is 544 g/mol. The highest BCUT2D eigenvalue weighted by atomic mass is 32.2. The van der Waals surface area contributed by atoms with E-state index >= 15 is 0 Å². The first-order chi connectivity index (χ1) is 18.0. The fourth-order valence-corrected chi connectivity index (χ4v) is 4.53. The Kier molecular flexibility index (Phi) is 18.8. The maximum atomic E-state index is 14.2. The third-order valence-electron chi connectivity index (χ3n) is 5.71. The second-order valence-electron chi connectivity index (χ2n) is 8.37. The number of rotatable bonds is 18. The summed E-state index contributed by atoms with van der Waals surface area (Å²) in [7, 11) is 0.500. The third-order valence-corrected chi connectivity index (χ3v) is 6.62. The van der Waals surface area contributed by atoms with Gasteiger partial charge in [0.05, 0.1) is 7.18 Å². The largest absolute Gasteiger partial charge is 0.490 e. The zero-order valence-electron chi connectivity index (χ0n) is 21.5. The number of ether oxygens (including phenoxy) is 2. The van der Waals surface area contributed by atoms with Crippen LogP contribution in [0.5, 0.6) is 5.75 Å². The number of esters is 1. The standard InChI is InChI=1S/C26H36FNO6S.CH3F/c27-24(21-33-25-12-5-3-6-13-25)16-15-23-11-8-10-22(23)9-4-1-2-7-14-26(29)32-17-19-35-20-18-34-28(30)31;1-2/h1,3-6,12-13,15-16,22-24H,2,7-11,14,17-21H2;1H3/b4-1-,16-15+;/t22-,23?,24?;/m0./s1. The summed E-state index contributed by atoms with van der Waals surface area (Å²) in [5.74, 6) is 2.46. The lowest BCUT2D eigenvalue weighted by Crippen LogP contribution is -2.11. The minimum Gasteiger partial charge on any atom is -0.490 e. The predicted octanol–water partition coefficient (Wildman–Crippen LogP) is 6.56. The van der Waals surface area contributed by atoms with Gasteiger partial charge in [0.2, 0.25) is 0 Å². The van der Waals surface area contributed by atoms with Crippen LogP contribution in [-0.4, -0.2) is 55.7 Å². The number of hydrogen-bond acceptors (Lipinski definition) is 7. The first-order valence-electron chi connectivity index (χ1n) is 12.6. The summed E-state index contributed by atoms with van der Waals surface area (Å²) in [6.45, 7) is 0.362. The lowest BCUT2D eigenvalue weighted by Gasteiger charge is -2.14. The number of para-hydroxylation sites is 1. The van der Waals surface area contributed by atoms with Crippen LogP contribution >= 0.6 is 11.8 Å². The van der Waals surface area contributed by atoms with Crippen LogP contribution < -0.4 is 4.74 Å². The van der Waals surface area contributed by atoms with E-state index in [0.29, 0.717) is 49.3 Å². The Morgan fingerprint density at radius 3 is 2.70 bits per heavy atom. The molecule has 0 spiro atoms. The number of nitrogens with zero attached hydrogens (tertiary/aromatic N) is 1. The Hall–Kier alpha value is -2.62. The highest BCUT2D eigenvalue weighted by molar-refractivity contribution is 7.99. The molecule has 2 rings (SSSR count). The van der Waals surface area contributed by atoms with E-state index in [4.69, 9.17) is 9.47 Å². The van der Waals surface area contributed by atoms with Gasteiger partial charge in [0.1, 0.15) is 25.6 Å². The van der Waals surface area contributed by atoms with Crippen LogP contribution in [0.2, 0.25) is 0 Å². The van der Waals surface area contributed by atoms with Crippen LogP contribution in [0.25, 0.3) is 0 Å².